The molecule has 0 aliphatic rings. The second-order valence-electron chi connectivity index (χ2n) is 3.21. The summed E-state index contributed by atoms with van der Waals surface area (Å²) in [7, 11) is 0. The van der Waals surface area contributed by atoms with Crippen LogP contribution in [0.2, 0.25) is 0 Å². The van der Waals surface area contributed by atoms with Crippen molar-refractivity contribution in [1.82, 2.24) is 5.32 Å². The summed E-state index contributed by atoms with van der Waals surface area (Å²) >= 11 is 0.149. The van der Waals surface area contributed by atoms with E-state index in [1.165, 1.54) is 0 Å². The first-order valence-corrected chi connectivity index (χ1v) is 5.66. The zero-order valence-corrected chi connectivity index (χ0v) is 9.44. The highest BCUT2D eigenvalue weighted by Gasteiger charge is 2.05. The third-order valence-electron chi connectivity index (χ3n) is 2.00. The minimum absolute atomic E-state index is 0.139. The number of hydrogen-bond acceptors (Lipinski definition) is 2. The van der Waals surface area contributed by atoms with Crippen molar-refractivity contribution >= 4 is 18.1 Å². The standard InChI is InChI=1S/C11H14FNOS/c1-2-3-7-13-11(14)9-5-4-6-10(8-9)15-12/h4-6,8H,2-3,7H2,1H3,(H,13,14). The Morgan fingerprint density at radius 3 is 3.00 bits per heavy atom. The van der Waals surface area contributed by atoms with Crippen molar-refractivity contribution in [2.24, 2.45) is 0 Å². The van der Waals surface area contributed by atoms with E-state index in [0.29, 0.717) is 17.0 Å². The minimum Gasteiger partial charge on any atom is -0.352 e. The molecule has 0 radical (unpaired) electrons. The summed E-state index contributed by atoms with van der Waals surface area (Å²) in [5, 5.41) is 2.78. The number of carbonyl (C=O) groups is 1. The summed E-state index contributed by atoms with van der Waals surface area (Å²) in [6.45, 7) is 2.73. The molecule has 0 unspecified atom stereocenters. The Kier molecular flexibility index (Phi) is 5.18. The van der Waals surface area contributed by atoms with Crippen LogP contribution in [0.25, 0.3) is 0 Å². The van der Waals surface area contributed by atoms with Gasteiger partial charge in [0.05, 0.1) is 12.1 Å². The molecular formula is C11H14FNOS. The van der Waals surface area contributed by atoms with Gasteiger partial charge in [-0.3, -0.25) is 4.79 Å². The van der Waals surface area contributed by atoms with Gasteiger partial charge in [-0.15, -0.1) is 0 Å². The fraction of sp³-hybridized carbons (Fsp3) is 0.364. The molecule has 0 aromatic heterocycles. The molecule has 1 amide bonds. The van der Waals surface area contributed by atoms with Crippen molar-refractivity contribution in [3.63, 3.8) is 0 Å². The van der Waals surface area contributed by atoms with Crippen molar-refractivity contribution in [1.29, 1.82) is 0 Å². The lowest BCUT2D eigenvalue weighted by Gasteiger charge is -2.04. The van der Waals surface area contributed by atoms with Gasteiger partial charge in [0.15, 0.2) is 0 Å². The Bertz CT molecular complexity index is 330. The molecular weight excluding hydrogens is 213 g/mol. The fourth-order valence-electron chi connectivity index (χ4n) is 1.17. The summed E-state index contributed by atoms with van der Waals surface area (Å²) in [4.78, 5) is 12.0. The highest BCUT2D eigenvalue weighted by atomic mass is 32.2. The number of hydrogen-bond donors (Lipinski definition) is 1. The molecule has 0 aliphatic carbocycles. The Labute approximate surface area is 93.6 Å². The monoisotopic (exact) mass is 227 g/mol. The van der Waals surface area contributed by atoms with Crippen molar-refractivity contribution in [3.05, 3.63) is 29.8 Å². The second kappa shape index (κ2) is 6.45. The third-order valence-corrected chi connectivity index (χ3v) is 2.43. The van der Waals surface area contributed by atoms with Crippen LogP contribution in [0.5, 0.6) is 0 Å². The maximum atomic E-state index is 12.3. The first-order valence-electron chi connectivity index (χ1n) is 4.94. The SMILES string of the molecule is CCCCNC(=O)c1cccc(SF)c1. The van der Waals surface area contributed by atoms with E-state index in [1.807, 2.05) is 0 Å². The van der Waals surface area contributed by atoms with Crippen LogP contribution in [-0.2, 0) is 0 Å². The van der Waals surface area contributed by atoms with E-state index in [4.69, 9.17) is 0 Å². The second-order valence-corrected chi connectivity index (χ2v) is 3.84. The Morgan fingerprint density at radius 1 is 1.53 bits per heavy atom. The van der Waals surface area contributed by atoms with Crippen LogP contribution in [0.15, 0.2) is 29.2 Å². The van der Waals surface area contributed by atoms with Crippen LogP contribution < -0.4 is 5.32 Å². The van der Waals surface area contributed by atoms with Crippen molar-refractivity contribution in [3.8, 4) is 0 Å². The number of benzene rings is 1. The van der Waals surface area contributed by atoms with E-state index in [1.54, 1.807) is 24.3 Å². The molecule has 1 aromatic rings. The van der Waals surface area contributed by atoms with Gasteiger partial charge in [0, 0.05) is 17.0 Å². The van der Waals surface area contributed by atoms with Crippen LogP contribution in [-0.4, -0.2) is 12.5 Å². The zero-order chi connectivity index (χ0) is 11.1. The van der Waals surface area contributed by atoms with Gasteiger partial charge in [0.2, 0.25) is 0 Å². The van der Waals surface area contributed by atoms with Gasteiger partial charge in [-0.25, -0.2) is 0 Å². The molecule has 0 saturated heterocycles. The van der Waals surface area contributed by atoms with Crippen molar-refractivity contribution in [2.45, 2.75) is 24.7 Å². The van der Waals surface area contributed by atoms with Gasteiger partial charge in [-0.1, -0.05) is 19.4 Å². The third kappa shape index (κ3) is 3.91. The number of rotatable bonds is 5. The maximum absolute atomic E-state index is 12.3. The van der Waals surface area contributed by atoms with Gasteiger partial charge in [0.25, 0.3) is 5.91 Å². The van der Waals surface area contributed by atoms with E-state index < -0.39 is 0 Å². The summed E-state index contributed by atoms with van der Waals surface area (Å²) in [6.07, 6.45) is 2.00. The number of carbonyl (C=O) groups excluding carboxylic acids is 1. The largest absolute Gasteiger partial charge is 0.352 e. The smallest absolute Gasteiger partial charge is 0.251 e. The lowest BCUT2D eigenvalue weighted by atomic mass is 10.2. The maximum Gasteiger partial charge on any atom is 0.251 e. The van der Waals surface area contributed by atoms with Gasteiger partial charge in [-0.05, 0) is 24.6 Å². The molecule has 15 heavy (non-hydrogen) atoms. The number of halogens is 1. The molecule has 0 spiro atoms. The summed E-state index contributed by atoms with van der Waals surface area (Å²) in [6, 6.07) is 6.54. The number of nitrogens with one attached hydrogen (secondary N) is 1. The summed E-state index contributed by atoms with van der Waals surface area (Å²) < 4.78 is 12.3. The molecule has 2 nitrogen and oxygen atoms in total. The average molecular weight is 227 g/mol. The molecule has 1 rings (SSSR count). The molecule has 0 saturated carbocycles. The Balaban J connectivity index is 2.57. The van der Waals surface area contributed by atoms with Crippen LogP contribution in [0.3, 0.4) is 0 Å². The molecule has 4 heteroatoms. The molecule has 0 bridgehead atoms. The van der Waals surface area contributed by atoms with Crippen LogP contribution in [0.4, 0.5) is 3.89 Å². The molecule has 1 aromatic carbocycles. The number of unbranched alkanes of at least 4 members (excludes halogenated alkanes) is 1. The predicted molar refractivity (Wildman–Crippen MR) is 60.6 cm³/mol. The van der Waals surface area contributed by atoms with Crippen LogP contribution in [0, 0.1) is 0 Å². The van der Waals surface area contributed by atoms with E-state index in [-0.39, 0.29) is 18.1 Å². The van der Waals surface area contributed by atoms with E-state index >= 15 is 0 Å². The first-order chi connectivity index (χ1) is 7.27. The van der Waals surface area contributed by atoms with Crippen molar-refractivity contribution in [2.75, 3.05) is 6.54 Å². The highest BCUT2D eigenvalue weighted by molar-refractivity contribution is 7.94. The Morgan fingerprint density at radius 2 is 2.33 bits per heavy atom. The highest BCUT2D eigenvalue weighted by Crippen LogP contribution is 2.19. The fourth-order valence-corrected chi connectivity index (χ4v) is 1.47. The molecule has 0 aliphatic heterocycles. The Hall–Kier alpha value is -1.03. The van der Waals surface area contributed by atoms with Gasteiger partial charge in [0.1, 0.15) is 0 Å². The quantitative estimate of drug-likeness (QED) is 0.783. The predicted octanol–water partition coefficient (Wildman–Crippen LogP) is 3.19. The summed E-state index contributed by atoms with van der Waals surface area (Å²) in [5.74, 6) is -0.139. The average Bonchev–Trinajstić information content (AvgIpc) is 2.29. The molecule has 1 N–H and O–H groups in total. The molecule has 82 valence electrons. The molecule has 0 atom stereocenters. The van der Waals surface area contributed by atoms with E-state index in [9.17, 15) is 8.68 Å². The lowest BCUT2D eigenvalue weighted by molar-refractivity contribution is 0.0953. The topological polar surface area (TPSA) is 29.1 Å². The summed E-state index contributed by atoms with van der Waals surface area (Å²) in [5.41, 5.74) is 0.508. The van der Waals surface area contributed by atoms with Crippen LogP contribution >= 0.6 is 12.1 Å². The molecule has 0 fully saturated rings. The normalized spacial score (nSPS) is 10.0. The van der Waals surface area contributed by atoms with Gasteiger partial charge in [-0.2, -0.15) is 3.89 Å². The minimum atomic E-state index is -0.139. The molecule has 0 heterocycles. The lowest BCUT2D eigenvalue weighted by Crippen LogP contribution is -2.24. The van der Waals surface area contributed by atoms with E-state index in [0.717, 1.165) is 12.8 Å². The first kappa shape index (κ1) is 12.0. The van der Waals surface area contributed by atoms with Gasteiger partial charge < -0.3 is 5.32 Å². The van der Waals surface area contributed by atoms with E-state index in [2.05, 4.69) is 12.2 Å². The van der Waals surface area contributed by atoms with Gasteiger partial charge >= 0.3 is 0 Å². The van der Waals surface area contributed by atoms with Crippen molar-refractivity contribution < 1.29 is 8.68 Å². The van der Waals surface area contributed by atoms with Crippen LogP contribution in [0.1, 0.15) is 30.1 Å². The number of amides is 1. The zero-order valence-electron chi connectivity index (χ0n) is 8.63.